The molecule has 1 unspecified atom stereocenters. The van der Waals surface area contributed by atoms with E-state index in [9.17, 15) is 9.18 Å². The summed E-state index contributed by atoms with van der Waals surface area (Å²) in [5.74, 6) is -0.225. The smallest absolute Gasteiger partial charge is 0.260 e. The minimum atomic E-state index is -0.455. The zero-order valence-corrected chi connectivity index (χ0v) is 13.1. The van der Waals surface area contributed by atoms with Gasteiger partial charge in [0.2, 0.25) is 0 Å². The highest BCUT2D eigenvalue weighted by Gasteiger charge is 2.26. The van der Waals surface area contributed by atoms with Gasteiger partial charge < -0.3 is 9.64 Å². The molecule has 1 N–H and O–H groups in total. The van der Waals surface area contributed by atoms with Crippen LogP contribution in [0.2, 0.25) is 0 Å². The first-order chi connectivity index (χ1) is 11.1. The fourth-order valence-electron chi connectivity index (χ4n) is 2.89. The molecule has 0 spiro atoms. The Kier molecular flexibility index (Phi) is 4.60. The van der Waals surface area contributed by atoms with Gasteiger partial charge in [0.25, 0.3) is 5.91 Å². The standard InChI is InChI=1S/C17H20FN3O2/c1-12-9-15(20-19-12)13-5-4-8-21(10-13)17(22)11-23-16-7-3-2-6-14(16)18/h2-3,6-7,9,13H,4-5,8,10-11H2,1H3,(H,19,20). The van der Waals surface area contributed by atoms with E-state index >= 15 is 0 Å². The molecule has 1 amide bonds. The fourth-order valence-corrected chi connectivity index (χ4v) is 2.89. The van der Waals surface area contributed by atoms with Crippen LogP contribution in [0, 0.1) is 12.7 Å². The molecule has 5 nitrogen and oxygen atoms in total. The van der Waals surface area contributed by atoms with Gasteiger partial charge in [0, 0.05) is 24.7 Å². The molecule has 1 aromatic heterocycles. The molecule has 1 aliphatic heterocycles. The Morgan fingerprint density at radius 3 is 3.04 bits per heavy atom. The third-order valence-electron chi connectivity index (χ3n) is 4.11. The van der Waals surface area contributed by atoms with Gasteiger partial charge in [-0.15, -0.1) is 0 Å². The van der Waals surface area contributed by atoms with Crippen LogP contribution in [0.15, 0.2) is 30.3 Å². The molecular formula is C17H20FN3O2. The number of halogens is 1. The second-order valence-corrected chi connectivity index (χ2v) is 5.87. The largest absolute Gasteiger partial charge is 0.481 e. The van der Waals surface area contributed by atoms with Gasteiger partial charge in [-0.2, -0.15) is 5.10 Å². The number of carbonyl (C=O) groups excluding carboxylic acids is 1. The Morgan fingerprint density at radius 2 is 2.30 bits per heavy atom. The number of benzene rings is 1. The molecule has 23 heavy (non-hydrogen) atoms. The first-order valence-corrected chi connectivity index (χ1v) is 7.80. The number of nitrogens with one attached hydrogen (secondary N) is 1. The lowest BCUT2D eigenvalue weighted by molar-refractivity contribution is -0.134. The Morgan fingerprint density at radius 1 is 1.48 bits per heavy atom. The molecule has 1 atom stereocenters. The van der Waals surface area contributed by atoms with Gasteiger partial charge in [0.15, 0.2) is 18.2 Å². The minimum Gasteiger partial charge on any atom is -0.481 e. The molecule has 6 heteroatoms. The average molecular weight is 317 g/mol. The van der Waals surface area contributed by atoms with Crippen molar-refractivity contribution in [3.8, 4) is 5.75 Å². The van der Waals surface area contributed by atoms with Gasteiger partial charge in [-0.25, -0.2) is 4.39 Å². The number of piperidine rings is 1. The number of nitrogens with zero attached hydrogens (tertiary/aromatic N) is 2. The van der Waals surface area contributed by atoms with Crippen LogP contribution in [0.1, 0.15) is 30.1 Å². The van der Waals surface area contributed by atoms with Crippen molar-refractivity contribution in [1.29, 1.82) is 0 Å². The lowest BCUT2D eigenvalue weighted by atomic mass is 9.94. The summed E-state index contributed by atoms with van der Waals surface area (Å²) >= 11 is 0. The second kappa shape index (κ2) is 6.81. The highest BCUT2D eigenvalue weighted by molar-refractivity contribution is 5.78. The van der Waals surface area contributed by atoms with Crippen molar-refractivity contribution in [2.45, 2.75) is 25.7 Å². The Labute approximate surface area is 134 Å². The molecule has 1 saturated heterocycles. The molecule has 0 radical (unpaired) electrons. The number of hydrogen-bond acceptors (Lipinski definition) is 3. The minimum absolute atomic E-state index is 0.109. The summed E-state index contributed by atoms with van der Waals surface area (Å²) in [5, 5.41) is 7.24. The number of ether oxygens (including phenoxy) is 1. The quantitative estimate of drug-likeness (QED) is 0.943. The maximum atomic E-state index is 13.5. The van der Waals surface area contributed by atoms with E-state index < -0.39 is 5.82 Å². The van der Waals surface area contributed by atoms with Crippen molar-refractivity contribution in [2.75, 3.05) is 19.7 Å². The van der Waals surface area contributed by atoms with Gasteiger partial charge >= 0.3 is 0 Å². The summed E-state index contributed by atoms with van der Waals surface area (Å²) in [6.07, 6.45) is 1.95. The predicted molar refractivity (Wildman–Crippen MR) is 83.8 cm³/mol. The predicted octanol–water partition coefficient (Wildman–Crippen LogP) is 2.64. The van der Waals surface area contributed by atoms with Crippen molar-refractivity contribution >= 4 is 5.91 Å². The molecule has 0 saturated carbocycles. The lowest BCUT2D eigenvalue weighted by Gasteiger charge is -2.31. The monoisotopic (exact) mass is 317 g/mol. The Bertz CT molecular complexity index is 686. The van der Waals surface area contributed by atoms with Crippen LogP contribution in [0.25, 0.3) is 0 Å². The van der Waals surface area contributed by atoms with Crippen molar-refractivity contribution in [3.05, 3.63) is 47.5 Å². The van der Waals surface area contributed by atoms with Gasteiger partial charge in [-0.1, -0.05) is 12.1 Å². The van der Waals surface area contributed by atoms with Crippen LogP contribution in [0.4, 0.5) is 4.39 Å². The van der Waals surface area contributed by atoms with E-state index in [-0.39, 0.29) is 24.2 Å². The summed E-state index contributed by atoms with van der Waals surface area (Å²) in [7, 11) is 0. The summed E-state index contributed by atoms with van der Waals surface area (Å²) < 4.78 is 18.8. The van der Waals surface area contributed by atoms with Crippen molar-refractivity contribution < 1.29 is 13.9 Å². The molecule has 122 valence electrons. The number of hydrogen-bond donors (Lipinski definition) is 1. The van der Waals surface area contributed by atoms with E-state index in [1.165, 1.54) is 12.1 Å². The molecule has 2 heterocycles. The van der Waals surface area contributed by atoms with Crippen LogP contribution in [0.5, 0.6) is 5.75 Å². The van der Waals surface area contributed by atoms with Gasteiger partial charge in [-0.05, 0) is 38.0 Å². The van der Waals surface area contributed by atoms with Crippen molar-refractivity contribution in [1.82, 2.24) is 15.1 Å². The Balaban J connectivity index is 1.58. The van der Waals surface area contributed by atoms with Crippen LogP contribution in [0.3, 0.4) is 0 Å². The topological polar surface area (TPSA) is 58.2 Å². The third-order valence-corrected chi connectivity index (χ3v) is 4.11. The van der Waals surface area contributed by atoms with Crippen LogP contribution >= 0.6 is 0 Å². The van der Waals surface area contributed by atoms with E-state index in [0.29, 0.717) is 13.1 Å². The van der Waals surface area contributed by atoms with E-state index in [0.717, 1.165) is 24.2 Å². The molecule has 1 aliphatic rings. The highest BCUT2D eigenvalue weighted by atomic mass is 19.1. The number of likely N-dealkylation sites (tertiary alicyclic amines) is 1. The van der Waals surface area contributed by atoms with E-state index in [2.05, 4.69) is 10.2 Å². The molecule has 2 aromatic rings. The maximum Gasteiger partial charge on any atom is 0.260 e. The number of aromatic amines is 1. The average Bonchev–Trinajstić information content (AvgIpc) is 3.00. The van der Waals surface area contributed by atoms with Crippen molar-refractivity contribution in [3.63, 3.8) is 0 Å². The number of H-pyrrole nitrogens is 1. The number of aromatic nitrogens is 2. The maximum absolute atomic E-state index is 13.5. The molecule has 3 rings (SSSR count). The van der Waals surface area contributed by atoms with E-state index in [1.54, 1.807) is 17.0 Å². The van der Waals surface area contributed by atoms with Gasteiger partial charge in [0.05, 0.1) is 5.69 Å². The van der Waals surface area contributed by atoms with Crippen LogP contribution < -0.4 is 4.74 Å². The summed E-state index contributed by atoms with van der Waals surface area (Å²) in [5.41, 5.74) is 2.02. The SMILES string of the molecule is Cc1cc(C2CCCN(C(=O)COc3ccccc3F)C2)n[nH]1. The number of amides is 1. The number of para-hydroxylation sites is 1. The lowest BCUT2D eigenvalue weighted by Crippen LogP contribution is -2.41. The van der Waals surface area contributed by atoms with Gasteiger partial charge in [-0.3, -0.25) is 9.89 Å². The second-order valence-electron chi connectivity index (χ2n) is 5.87. The summed E-state index contributed by atoms with van der Waals surface area (Å²) in [6.45, 7) is 3.15. The number of aryl methyl sites for hydroxylation is 1. The first kappa shape index (κ1) is 15.5. The molecule has 1 aromatic carbocycles. The fraction of sp³-hybridized carbons (Fsp3) is 0.412. The molecule has 0 aliphatic carbocycles. The summed E-state index contributed by atoms with van der Waals surface area (Å²) in [6, 6.07) is 8.13. The van der Waals surface area contributed by atoms with E-state index in [1.807, 2.05) is 13.0 Å². The molecule has 0 bridgehead atoms. The van der Waals surface area contributed by atoms with Crippen molar-refractivity contribution in [2.24, 2.45) is 0 Å². The van der Waals surface area contributed by atoms with E-state index in [4.69, 9.17) is 4.74 Å². The van der Waals surface area contributed by atoms with Crippen LogP contribution in [-0.2, 0) is 4.79 Å². The molecular weight excluding hydrogens is 297 g/mol. The normalized spacial score (nSPS) is 18.0. The zero-order valence-electron chi connectivity index (χ0n) is 13.1. The highest BCUT2D eigenvalue weighted by Crippen LogP contribution is 2.26. The first-order valence-electron chi connectivity index (χ1n) is 7.80. The third kappa shape index (κ3) is 3.70. The number of rotatable bonds is 4. The van der Waals surface area contributed by atoms with Gasteiger partial charge in [0.1, 0.15) is 0 Å². The summed E-state index contributed by atoms with van der Waals surface area (Å²) in [4.78, 5) is 14.1. The van der Waals surface area contributed by atoms with Crippen LogP contribution in [-0.4, -0.2) is 40.7 Å². The molecule has 1 fully saturated rings. The zero-order chi connectivity index (χ0) is 16.2. The Hall–Kier alpha value is -2.37. The number of carbonyl (C=O) groups is 1.